The van der Waals surface area contributed by atoms with E-state index in [0.717, 1.165) is 29.5 Å². The molecule has 3 aliphatic rings. The lowest BCUT2D eigenvalue weighted by molar-refractivity contribution is -0.00108. The fourth-order valence-corrected chi connectivity index (χ4v) is 5.99. The molecule has 3 fully saturated rings. The molecule has 1 saturated carbocycles. The number of hydrogen-bond acceptors (Lipinski definition) is 7. The Labute approximate surface area is 225 Å². The molecule has 3 aromatic rings. The van der Waals surface area contributed by atoms with Crippen LogP contribution in [0.3, 0.4) is 0 Å². The fourth-order valence-electron chi connectivity index (χ4n) is 5.51. The van der Waals surface area contributed by atoms with E-state index in [4.69, 9.17) is 4.74 Å². The van der Waals surface area contributed by atoms with Crippen LogP contribution in [-0.2, 0) is 21.4 Å². The van der Waals surface area contributed by atoms with Crippen molar-refractivity contribution in [2.75, 3.05) is 24.5 Å². The number of rotatable bonds is 6. The molecule has 204 valence electrons. The molecule has 11 heteroatoms. The van der Waals surface area contributed by atoms with Crippen molar-refractivity contribution < 1.29 is 32.0 Å². The lowest BCUT2D eigenvalue weighted by Crippen LogP contribution is -2.46. The van der Waals surface area contributed by atoms with Gasteiger partial charge in [-0.1, -0.05) is 0 Å². The van der Waals surface area contributed by atoms with Gasteiger partial charge in [0.2, 0.25) is 0 Å². The predicted octanol–water partition coefficient (Wildman–Crippen LogP) is 4.71. The minimum Gasteiger partial charge on any atom is -0.508 e. The zero-order valence-corrected chi connectivity index (χ0v) is 21.9. The van der Waals surface area contributed by atoms with Crippen LogP contribution in [-0.4, -0.2) is 59.3 Å². The number of halogens is 1. The highest BCUT2D eigenvalue weighted by Crippen LogP contribution is 2.46. The van der Waals surface area contributed by atoms with Gasteiger partial charge in [-0.05, 0) is 72.9 Å². The largest absolute Gasteiger partial charge is 0.508 e. The molecule has 2 aromatic carbocycles. The summed E-state index contributed by atoms with van der Waals surface area (Å²) in [5, 5.41) is 10.9. The topological polar surface area (TPSA) is 120 Å². The Kier molecular flexibility index (Phi) is 6.32. The summed E-state index contributed by atoms with van der Waals surface area (Å²) < 4.78 is 51.0. The third kappa shape index (κ3) is 5.21. The van der Waals surface area contributed by atoms with Crippen molar-refractivity contribution in [1.29, 1.82) is 0 Å². The third-order valence-corrected chi connectivity index (χ3v) is 8.72. The zero-order valence-electron chi connectivity index (χ0n) is 21.1. The molecule has 9 nitrogen and oxygen atoms in total. The first-order chi connectivity index (χ1) is 18.6. The second-order valence-corrected chi connectivity index (χ2v) is 12.0. The summed E-state index contributed by atoms with van der Waals surface area (Å²) in [6.45, 7) is 2.24. The Hall–Kier alpha value is -3.54. The van der Waals surface area contributed by atoms with Gasteiger partial charge in [0.25, 0.3) is 10.1 Å². The molecule has 1 aliphatic carbocycles. The van der Waals surface area contributed by atoms with Crippen LogP contribution >= 0.6 is 0 Å². The van der Waals surface area contributed by atoms with Crippen molar-refractivity contribution in [3.8, 4) is 17.0 Å². The Bertz CT molecular complexity index is 1520. The number of benzene rings is 2. The highest BCUT2D eigenvalue weighted by atomic mass is 32.2. The molecule has 2 N–H and O–H groups in total. The molecule has 1 spiro atoms. The average molecular weight is 554 g/mol. The van der Waals surface area contributed by atoms with Crippen LogP contribution in [0.15, 0.2) is 59.6 Å². The van der Waals surface area contributed by atoms with Crippen LogP contribution in [0.25, 0.3) is 11.3 Å². The maximum absolute atomic E-state index is 13.4. The maximum atomic E-state index is 13.4. The number of amides is 1. The molecule has 0 radical (unpaired) electrons. The van der Waals surface area contributed by atoms with Gasteiger partial charge in [-0.25, -0.2) is 9.18 Å². The summed E-state index contributed by atoms with van der Waals surface area (Å²) in [5.74, 6) is 0.181. The van der Waals surface area contributed by atoms with Crippen LogP contribution in [0.5, 0.6) is 5.75 Å². The van der Waals surface area contributed by atoms with E-state index >= 15 is 0 Å². The maximum Gasteiger partial charge on any atom is 0.415 e. The predicted molar refractivity (Wildman–Crippen MR) is 141 cm³/mol. The number of phenols is 1. The first-order valence-corrected chi connectivity index (χ1v) is 14.3. The second kappa shape index (κ2) is 9.58. The number of aromatic nitrogens is 1. The average Bonchev–Trinajstić information content (AvgIpc) is 3.70. The van der Waals surface area contributed by atoms with Gasteiger partial charge >= 0.3 is 6.09 Å². The monoisotopic (exact) mass is 553 g/mol. The minimum atomic E-state index is -4.32. The number of aromatic hydroxyl groups is 1. The molecule has 1 amide bonds. The van der Waals surface area contributed by atoms with E-state index in [2.05, 4.69) is 9.88 Å². The Morgan fingerprint density at radius 2 is 1.79 bits per heavy atom. The van der Waals surface area contributed by atoms with Gasteiger partial charge in [0.1, 0.15) is 17.2 Å². The number of ether oxygens (including phenoxy) is 1. The first kappa shape index (κ1) is 25.7. The van der Waals surface area contributed by atoms with E-state index < -0.39 is 27.6 Å². The van der Waals surface area contributed by atoms with Crippen molar-refractivity contribution >= 4 is 21.9 Å². The van der Waals surface area contributed by atoms with E-state index in [-0.39, 0.29) is 10.6 Å². The molecule has 0 bridgehead atoms. The number of phenolic OH excluding ortho intramolecular Hbond substituents is 1. The van der Waals surface area contributed by atoms with E-state index in [1.807, 2.05) is 6.07 Å². The summed E-state index contributed by atoms with van der Waals surface area (Å²) in [7, 11) is -4.32. The van der Waals surface area contributed by atoms with E-state index in [0.29, 0.717) is 56.3 Å². The highest BCUT2D eigenvalue weighted by molar-refractivity contribution is 7.85. The number of carbonyl (C=O) groups excluding carboxylic acids is 1. The van der Waals surface area contributed by atoms with Crippen LogP contribution in [0.2, 0.25) is 0 Å². The lowest BCUT2D eigenvalue weighted by atomic mass is 9.90. The van der Waals surface area contributed by atoms with Crippen LogP contribution < -0.4 is 4.90 Å². The summed E-state index contributed by atoms with van der Waals surface area (Å²) in [4.78, 5) is 20.4. The fraction of sp³-hybridized carbons (Fsp3) is 0.357. The summed E-state index contributed by atoms with van der Waals surface area (Å²) in [6, 6.07) is 12.3. The Morgan fingerprint density at radius 1 is 1.08 bits per heavy atom. The standard InChI is InChI=1S/C28H28FN3O6S/c29-20-3-8-25(30-15-20)24-14-26(33)19(13-23(24)18-1-2-18)16-31-11-9-28(10-12-31)17-32(27(34)38-28)21-4-6-22(7-5-21)39(35,36)37/h3-8,13-15,18,33H,1-2,9-12,16-17H2,(H,35,36,37). The number of pyridine rings is 1. The molecule has 0 atom stereocenters. The molecular weight excluding hydrogens is 525 g/mol. The van der Waals surface area contributed by atoms with Gasteiger partial charge < -0.3 is 9.84 Å². The van der Waals surface area contributed by atoms with Crippen molar-refractivity contribution in [2.24, 2.45) is 0 Å². The van der Waals surface area contributed by atoms with Gasteiger partial charge in [-0.2, -0.15) is 8.42 Å². The smallest absolute Gasteiger partial charge is 0.415 e. The Morgan fingerprint density at radius 3 is 2.41 bits per heavy atom. The van der Waals surface area contributed by atoms with E-state index in [1.54, 1.807) is 12.1 Å². The normalized spacial score (nSPS) is 19.4. The van der Waals surface area contributed by atoms with Gasteiger partial charge in [-0.3, -0.25) is 19.3 Å². The van der Waals surface area contributed by atoms with Crippen molar-refractivity contribution in [3.63, 3.8) is 0 Å². The quantitative estimate of drug-likeness (QED) is 0.421. The van der Waals surface area contributed by atoms with Gasteiger partial charge in [0, 0.05) is 49.3 Å². The van der Waals surface area contributed by atoms with Crippen molar-refractivity contribution in [3.05, 3.63) is 71.7 Å². The number of hydrogen-bond donors (Lipinski definition) is 2. The minimum absolute atomic E-state index is 0.174. The van der Waals surface area contributed by atoms with Gasteiger partial charge in [0.05, 0.1) is 23.3 Å². The van der Waals surface area contributed by atoms with E-state index in [9.17, 15) is 27.3 Å². The van der Waals surface area contributed by atoms with Crippen molar-refractivity contribution in [1.82, 2.24) is 9.88 Å². The highest BCUT2D eigenvalue weighted by Gasteiger charge is 2.47. The van der Waals surface area contributed by atoms with Gasteiger partial charge in [-0.15, -0.1) is 0 Å². The first-order valence-electron chi connectivity index (χ1n) is 12.9. The SMILES string of the molecule is O=C1OC2(CCN(Cc3cc(C4CC4)c(-c4ccc(F)cn4)cc3O)CC2)CN1c1ccc(S(=O)(=O)O)cc1. The molecule has 1 aromatic heterocycles. The van der Waals surface area contributed by atoms with E-state index in [1.165, 1.54) is 41.4 Å². The number of piperidine rings is 1. The molecule has 3 heterocycles. The van der Waals surface area contributed by atoms with Crippen LogP contribution in [0.4, 0.5) is 14.9 Å². The van der Waals surface area contributed by atoms with Crippen LogP contribution in [0.1, 0.15) is 42.7 Å². The van der Waals surface area contributed by atoms with Crippen LogP contribution in [0, 0.1) is 5.82 Å². The third-order valence-electron chi connectivity index (χ3n) is 7.85. The number of anilines is 1. The molecule has 39 heavy (non-hydrogen) atoms. The lowest BCUT2D eigenvalue weighted by Gasteiger charge is -2.37. The summed E-state index contributed by atoms with van der Waals surface area (Å²) in [6.07, 6.45) is 4.08. The zero-order chi connectivity index (χ0) is 27.4. The number of carbonyl (C=O) groups is 1. The molecule has 2 saturated heterocycles. The second-order valence-electron chi connectivity index (χ2n) is 10.6. The molecular formula is C28H28FN3O6S. The van der Waals surface area contributed by atoms with Gasteiger partial charge in [0.15, 0.2) is 0 Å². The summed E-state index contributed by atoms with van der Waals surface area (Å²) in [5.41, 5.74) is 3.27. The van der Waals surface area contributed by atoms with Crippen molar-refractivity contribution in [2.45, 2.75) is 48.6 Å². The Balaban J connectivity index is 1.14. The number of likely N-dealkylation sites (tertiary alicyclic amines) is 1. The molecule has 0 unspecified atom stereocenters. The summed E-state index contributed by atoms with van der Waals surface area (Å²) >= 11 is 0. The molecule has 6 rings (SSSR count). The molecule has 2 aliphatic heterocycles. The number of nitrogens with zero attached hydrogens (tertiary/aromatic N) is 3.